The summed E-state index contributed by atoms with van der Waals surface area (Å²) in [7, 11) is 0. The van der Waals surface area contributed by atoms with Crippen molar-refractivity contribution < 1.29 is 40.1 Å². The van der Waals surface area contributed by atoms with Crippen molar-refractivity contribution in [3.63, 3.8) is 0 Å². The Balaban J connectivity index is 1.66. The molecule has 0 bridgehead atoms. The van der Waals surface area contributed by atoms with Crippen molar-refractivity contribution in [2.75, 3.05) is 6.61 Å². The van der Waals surface area contributed by atoms with Crippen LogP contribution in [-0.2, 0) is 4.74 Å². The Morgan fingerprint density at radius 2 is 1.43 bits per heavy atom. The summed E-state index contributed by atoms with van der Waals surface area (Å²) in [5.74, 6) is 0.280. The minimum absolute atomic E-state index is 0.0390. The average Bonchev–Trinajstić information content (AvgIpc) is 2.67. The first-order chi connectivity index (χ1) is 13.4. The van der Waals surface area contributed by atoms with Crippen LogP contribution in [0.5, 0.6) is 17.2 Å². The van der Waals surface area contributed by atoms with Gasteiger partial charge in [-0.2, -0.15) is 0 Å². The van der Waals surface area contributed by atoms with Crippen LogP contribution in [0.15, 0.2) is 42.5 Å². The molecule has 6 N–H and O–H groups in total. The van der Waals surface area contributed by atoms with Crippen molar-refractivity contribution in [2.24, 2.45) is 0 Å². The fourth-order valence-electron chi connectivity index (χ4n) is 2.86. The zero-order chi connectivity index (χ0) is 20.3. The van der Waals surface area contributed by atoms with Crippen molar-refractivity contribution in [3.05, 3.63) is 53.6 Å². The lowest BCUT2D eigenvalue weighted by Gasteiger charge is -2.39. The van der Waals surface area contributed by atoms with E-state index in [1.54, 1.807) is 36.4 Å². The number of ether oxygens (including phenoxy) is 2. The topological polar surface area (TPSA) is 140 Å². The number of rotatable bonds is 5. The van der Waals surface area contributed by atoms with Gasteiger partial charge in [-0.3, -0.25) is 0 Å². The van der Waals surface area contributed by atoms with E-state index in [4.69, 9.17) is 9.47 Å². The van der Waals surface area contributed by atoms with Gasteiger partial charge in [-0.25, -0.2) is 0 Å². The second kappa shape index (κ2) is 8.59. The molecule has 5 atom stereocenters. The molecule has 1 unspecified atom stereocenters. The van der Waals surface area contributed by atoms with E-state index >= 15 is 0 Å². The van der Waals surface area contributed by atoms with E-state index in [0.29, 0.717) is 11.3 Å². The van der Waals surface area contributed by atoms with Crippen LogP contribution in [0.1, 0.15) is 11.1 Å². The van der Waals surface area contributed by atoms with E-state index in [0.717, 1.165) is 5.56 Å². The zero-order valence-electron chi connectivity index (χ0n) is 14.8. The van der Waals surface area contributed by atoms with Crippen LogP contribution in [0.4, 0.5) is 0 Å². The highest BCUT2D eigenvalue weighted by molar-refractivity contribution is 5.71. The fraction of sp³-hybridized carbons (Fsp3) is 0.300. The fourth-order valence-corrected chi connectivity index (χ4v) is 2.86. The third kappa shape index (κ3) is 4.61. The molecule has 150 valence electrons. The second-order valence-corrected chi connectivity index (χ2v) is 6.50. The Kier molecular flexibility index (Phi) is 6.18. The van der Waals surface area contributed by atoms with Crippen molar-refractivity contribution in [2.45, 2.75) is 30.7 Å². The molecule has 0 aliphatic carbocycles. The molecule has 0 radical (unpaired) electrons. The highest BCUT2D eigenvalue weighted by atomic mass is 16.7. The number of hydrogen-bond donors (Lipinski definition) is 6. The average molecular weight is 390 g/mol. The minimum Gasteiger partial charge on any atom is -0.508 e. The molecule has 1 saturated heterocycles. The number of aromatic hydroxyl groups is 2. The molecule has 1 aliphatic rings. The van der Waals surface area contributed by atoms with Gasteiger partial charge in [0.2, 0.25) is 6.29 Å². The number of phenols is 2. The molecule has 1 heterocycles. The molecule has 2 aromatic carbocycles. The maximum absolute atomic E-state index is 10.00. The Bertz CT molecular complexity index is 797. The summed E-state index contributed by atoms with van der Waals surface area (Å²) in [5, 5.41) is 57.7. The van der Waals surface area contributed by atoms with E-state index in [-0.39, 0.29) is 11.5 Å². The zero-order valence-corrected chi connectivity index (χ0v) is 14.8. The van der Waals surface area contributed by atoms with Crippen molar-refractivity contribution in [3.8, 4) is 17.2 Å². The van der Waals surface area contributed by atoms with E-state index < -0.39 is 37.3 Å². The predicted octanol–water partition coefficient (Wildman–Crippen LogP) is 0.447. The highest BCUT2D eigenvalue weighted by Gasteiger charge is 2.44. The number of hydrogen-bond acceptors (Lipinski definition) is 8. The van der Waals surface area contributed by atoms with Gasteiger partial charge in [-0.15, -0.1) is 0 Å². The minimum atomic E-state index is -1.50. The molecule has 2 aromatic rings. The monoisotopic (exact) mass is 390 g/mol. The first-order valence-electron chi connectivity index (χ1n) is 8.65. The third-order valence-corrected chi connectivity index (χ3v) is 4.37. The molecule has 1 fully saturated rings. The van der Waals surface area contributed by atoms with Gasteiger partial charge in [-0.05, 0) is 35.4 Å². The Hall–Kier alpha value is -2.62. The maximum Gasteiger partial charge on any atom is 0.229 e. The molecule has 8 nitrogen and oxygen atoms in total. The van der Waals surface area contributed by atoms with Crippen molar-refractivity contribution in [1.82, 2.24) is 0 Å². The summed E-state index contributed by atoms with van der Waals surface area (Å²) in [6, 6.07) is 11.0. The van der Waals surface area contributed by atoms with Gasteiger partial charge in [0.1, 0.15) is 41.7 Å². The van der Waals surface area contributed by atoms with Crippen LogP contribution in [0.2, 0.25) is 0 Å². The first kappa shape index (κ1) is 20.1. The molecular weight excluding hydrogens is 368 g/mol. The first-order valence-corrected chi connectivity index (χ1v) is 8.65. The third-order valence-electron chi connectivity index (χ3n) is 4.37. The summed E-state index contributed by atoms with van der Waals surface area (Å²) >= 11 is 0. The molecule has 0 saturated carbocycles. The molecular formula is C20H22O8. The molecule has 8 heteroatoms. The molecule has 0 spiro atoms. The lowest BCUT2D eigenvalue weighted by atomic mass is 9.99. The summed E-state index contributed by atoms with van der Waals surface area (Å²) in [4.78, 5) is 0. The predicted molar refractivity (Wildman–Crippen MR) is 99.5 cm³/mol. The van der Waals surface area contributed by atoms with Gasteiger partial charge in [0.15, 0.2) is 0 Å². The number of aliphatic hydroxyl groups is 4. The molecule has 0 aromatic heterocycles. The lowest BCUT2D eigenvalue weighted by Crippen LogP contribution is -2.60. The molecule has 3 rings (SSSR count). The Morgan fingerprint density at radius 1 is 0.821 bits per heavy atom. The maximum atomic E-state index is 10.00. The van der Waals surface area contributed by atoms with Crippen LogP contribution < -0.4 is 4.74 Å². The van der Waals surface area contributed by atoms with Crippen LogP contribution in [0.3, 0.4) is 0 Å². The SMILES string of the molecule is OC[C@@H]1OC(Oc2ccc(/C=C/c3cc(O)cc(O)c3)cc2)[C@@H](O)[C@H](O)[C@H]1O. The Morgan fingerprint density at radius 3 is 2.04 bits per heavy atom. The summed E-state index contributed by atoms with van der Waals surface area (Å²) < 4.78 is 10.8. The standard InChI is InChI=1S/C20H22O8/c21-10-16-17(24)18(25)19(26)20(28-16)27-15-5-3-11(4-6-15)1-2-12-7-13(22)9-14(23)8-12/h1-9,16-26H,10H2/b2-1+/t16-,17-,18+,19-,20?/m0/s1. The van der Waals surface area contributed by atoms with E-state index in [1.165, 1.54) is 18.2 Å². The molecule has 0 amide bonds. The van der Waals surface area contributed by atoms with Gasteiger partial charge in [0, 0.05) is 6.07 Å². The largest absolute Gasteiger partial charge is 0.508 e. The summed E-state index contributed by atoms with van der Waals surface area (Å²) in [6.45, 7) is -0.529. The van der Waals surface area contributed by atoms with E-state index in [2.05, 4.69) is 0 Å². The molecule has 1 aliphatic heterocycles. The smallest absolute Gasteiger partial charge is 0.229 e. The van der Waals surface area contributed by atoms with Crippen LogP contribution in [0.25, 0.3) is 12.2 Å². The van der Waals surface area contributed by atoms with Crippen LogP contribution in [0, 0.1) is 0 Å². The normalized spacial score (nSPS) is 27.8. The highest BCUT2D eigenvalue weighted by Crippen LogP contribution is 2.25. The second-order valence-electron chi connectivity index (χ2n) is 6.50. The van der Waals surface area contributed by atoms with Gasteiger partial charge >= 0.3 is 0 Å². The van der Waals surface area contributed by atoms with E-state index in [1.807, 2.05) is 0 Å². The van der Waals surface area contributed by atoms with Gasteiger partial charge < -0.3 is 40.1 Å². The van der Waals surface area contributed by atoms with Gasteiger partial charge in [-0.1, -0.05) is 24.3 Å². The Labute approximate surface area is 161 Å². The summed E-state index contributed by atoms with van der Waals surface area (Å²) in [6.07, 6.45) is -3.22. The van der Waals surface area contributed by atoms with Crippen molar-refractivity contribution >= 4 is 12.2 Å². The van der Waals surface area contributed by atoms with E-state index in [9.17, 15) is 30.6 Å². The van der Waals surface area contributed by atoms with Gasteiger partial charge in [0.25, 0.3) is 0 Å². The number of phenolic OH excluding ortho intramolecular Hbond substituents is 2. The van der Waals surface area contributed by atoms with Crippen molar-refractivity contribution in [1.29, 1.82) is 0 Å². The summed E-state index contributed by atoms with van der Waals surface area (Å²) in [5.41, 5.74) is 1.43. The quantitative estimate of drug-likeness (QED) is 0.405. The van der Waals surface area contributed by atoms with Crippen LogP contribution >= 0.6 is 0 Å². The lowest BCUT2D eigenvalue weighted by molar-refractivity contribution is -0.277. The van der Waals surface area contributed by atoms with Gasteiger partial charge in [0.05, 0.1) is 6.61 Å². The van der Waals surface area contributed by atoms with Crippen LogP contribution in [-0.4, -0.2) is 68.0 Å². The number of benzene rings is 2. The molecule has 28 heavy (non-hydrogen) atoms. The number of aliphatic hydroxyl groups excluding tert-OH is 4.